The van der Waals surface area contributed by atoms with Gasteiger partial charge in [-0.05, 0) is 11.6 Å². The first-order valence-corrected chi connectivity index (χ1v) is 9.45. The van der Waals surface area contributed by atoms with Gasteiger partial charge < -0.3 is 9.87 Å². The van der Waals surface area contributed by atoms with Crippen LogP contribution in [0.1, 0.15) is 21.6 Å². The van der Waals surface area contributed by atoms with Crippen molar-refractivity contribution in [2.24, 2.45) is 0 Å². The van der Waals surface area contributed by atoms with Gasteiger partial charge in [-0.3, -0.25) is 9.48 Å². The molecule has 24 heavy (non-hydrogen) atoms. The third kappa shape index (κ3) is 3.64. The number of amides is 1. The fourth-order valence-corrected chi connectivity index (χ4v) is 3.37. The third-order valence-corrected chi connectivity index (χ3v) is 5.26. The number of fused-ring (bicyclic) bond motifs is 1. The minimum atomic E-state index is -3.31. The first kappa shape index (κ1) is 17.0. The number of carbonyl (C=O) groups is 1. The van der Waals surface area contributed by atoms with Crippen LogP contribution in [0, 0.1) is 0 Å². The Morgan fingerprint density at radius 1 is 1.42 bits per heavy atom. The van der Waals surface area contributed by atoms with Crippen LogP contribution < -0.4 is 5.32 Å². The second-order valence-corrected chi connectivity index (χ2v) is 7.87. The molecule has 8 nitrogen and oxygen atoms in total. The number of hydrogen-bond donors (Lipinski definition) is 1. The second-order valence-electron chi connectivity index (χ2n) is 5.50. The number of pyridine rings is 1. The van der Waals surface area contributed by atoms with E-state index in [0.29, 0.717) is 36.0 Å². The maximum atomic E-state index is 12.4. The molecule has 1 atom stereocenters. The largest absolute Gasteiger partial charge is 0.598 e. The summed E-state index contributed by atoms with van der Waals surface area (Å²) in [6.07, 6.45) is 4.21. The summed E-state index contributed by atoms with van der Waals surface area (Å²) in [5.41, 5.74) is 1.79. The van der Waals surface area contributed by atoms with Gasteiger partial charge in [-0.1, -0.05) is 21.9 Å². The van der Waals surface area contributed by atoms with Gasteiger partial charge in [0.05, 0.1) is 37.1 Å². The standard InChI is InChI=1S/C14H16ClN5O3S/c1-24(22,23)19-4-5-20-12(9-19)11(8-18-20)14(21)17-7-10-2-3-13(15)16-6-10/h2-3,6,8H,4-5,7,9H2,1H3,(H-,17,21,22,23). The first-order valence-electron chi connectivity index (χ1n) is 7.23. The SMILES string of the molecule is C[S+](=O)([O-])N1CCn2ncc(C(=O)NCc3ccc(Cl)nc3)c2C1. The molecule has 3 rings (SSSR count). The lowest BCUT2D eigenvalue weighted by atomic mass is 10.2. The zero-order chi connectivity index (χ0) is 17.3. The van der Waals surface area contributed by atoms with Crippen LogP contribution in [0.2, 0.25) is 5.15 Å². The molecule has 0 aromatic carbocycles. The lowest BCUT2D eigenvalue weighted by molar-refractivity contribution is 0.0948. The second kappa shape index (κ2) is 6.60. The lowest BCUT2D eigenvalue weighted by Gasteiger charge is -2.29. The van der Waals surface area contributed by atoms with Crippen molar-refractivity contribution in [1.29, 1.82) is 0 Å². The van der Waals surface area contributed by atoms with Crippen molar-refractivity contribution in [3.05, 3.63) is 46.5 Å². The van der Waals surface area contributed by atoms with Gasteiger partial charge in [-0.15, -0.1) is 4.31 Å². The molecule has 1 aliphatic rings. The van der Waals surface area contributed by atoms with E-state index in [4.69, 9.17) is 11.6 Å². The summed E-state index contributed by atoms with van der Waals surface area (Å²) in [4.78, 5) is 16.3. The van der Waals surface area contributed by atoms with Crippen molar-refractivity contribution < 1.29 is 13.6 Å². The molecular weight excluding hydrogens is 354 g/mol. The Balaban J connectivity index is 1.71. The van der Waals surface area contributed by atoms with Crippen LogP contribution in [0.3, 0.4) is 0 Å². The summed E-state index contributed by atoms with van der Waals surface area (Å²) in [6.45, 7) is 1.22. The quantitative estimate of drug-likeness (QED) is 0.635. The van der Waals surface area contributed by atoms with E-state index in [0.717, 1.165) is 11.8 Å². The molecular formula is C14H16ClN5O3S. The Hall–Kier alpha value is -1.81. The Morgan fingerprint density at radius 3 is 2.88 bits per heavy atom. The summed E-state index contributed by atoms with van der Waals surface area (Å²) in [7, 11) is -3.31. The molecule has 3 heterocycles. The summed E-state index contributed by atoms with van der Waals surface area (Å²) in [5, 5.41) is 7.33. The van der Waals surface area contributed by atoms with E-state index in [1.807, 2.05) is 0 Å². The highest BCUT2D eigenvalue weighted by Gasteiger charge is 2.30. The van der Waals surface area contributed by atoms with Crippen LogP contribution >= 0.6 is 11.6 Å². The van der Waals surface area contributed by atoms with E-state index >= 15 is 0 Å². The zero-order valence-electron chi connectivity index (χ0n) is 12.9. The topological polar surface area (TPSA) is 103 Å². The number of nitrogens with one attached hydrogen (secondary N) is 1. The van der Waals surface area contributed by atoms with Crippen LogP contribution in [-0.4, -0.2) is 42.3 Å². The van der Waals surface area contributed by atoms with Crippen molar-refractivity contribution in [1.82, 2.24) is 24.4 Å². The van der Waals surface area contributed by atoms with Crippen molar-refractivity contribution in [3.63, 3.8) is 0 Å². The molecule has 10 heteroatoms. The average Bonchev–Trinajstić information content (AvgIpc) is 2.96. The van der Waals surface area contributed by atoms with Crippen LogP contribution in [-0.2, 0) is 34.2 Å². The smallest absolute Gasteiger partial charge is 0.255 e. The Morgan fingerprint density at radius 2 is 2.21 bits per heavy atom. The highest BCUT2D eigenvalue weighted by molar-refractivity contribution is 7.94. The predicted octanol–water partition coefficient (Wildman–Crippen LogP) is 0.852. The molecule has 2 aromatic rings. The van der Waals surface area contributed by atoms with Gasteiger partial charge in [-0.2, -0.15) is 5.10 Å². The highest BCUT2D eigenvalue weighted by Crippen LogP contribution is 2.20. The van der Waals surface area contributed by atoms with E-state index in [-0.39, 0.29) is 12.5 Å². The summed E-state index contributed by atoms with van der Waals surface area (Å²) in [6, 6.07) is 3.42. The average molecular weight is 370 g/mol. The number of hydrogen-bond acceptors (Lipinski definition) is 5. The van der Waals surface area contributed by atoms with Crippen LogP contribution in [0.4, 0.5) is 0 Å². The molecule has 2 aromatic heterocycles. The molecule has 0 saturated heterocycles. The first-order chi connectivity index (χ1) is 11.3. The Bertz CT molecular complexity index is 801. The third-order valence-electron chi connectivity index (χ3n) is 3.79. The summed E-state index contributed by atoms with van der Waals surface area (Å²) in [5.74, 6) is -0.304. The number of rotatable bonds is 4. The molecule has 1 amide bonds. The molecule has 1 unspecified atom stereocenters. The zero-order valence-corrected chi connectivity index (χ0v) is 14.5. The van der Waals surface area contributed by atoms with Crippen molar-refractivity contribution in [2.45, 2.75) is 19.6 Å². The van der Waals surface area contributed by atoms with Gasteiger partial charge in [0, 0.05) is 12.7 Å². The molecule has 0 spiro atoms. The van der Waals surface area contributed by atoms with Crippen molar-refractivity contribution in [2.75, 3.05) is 12.8 Å². The van der Waals surface area contributed by atoms with E-state index in [9.17, 15) is 13.6 Å². The molecule has 1 aliphatic heterocycles. The van der Waals surface area contributed by atoms with Crippen LogP contribution in [0.15, 0.2) is 24.5 Å². The van der Waals surface area contributed by atoms with Gasteiger partial charge in [0.15, 0.2) is 0 Å². The minimum absolute atomic E-state index is 0.143. The monoisotopic (exact) mass is 369 g/mol. The highest BCUT2D eigenvalue weighted by atomic mass is 35.5. The summed E-state index contributed by atoms with van der Waals surface area (Å²) >= 11 is 5.72. The summed E-state index contributed by atoms with van der Waals surface area (Å²) < 4.78 is 26.4. The molecule has 0 bridgehead atoms. The van der Waals surface area contributed by atoms with E-state index in [1.165, 1.54) is 10.5 Å². The molecule has 128 valence electrons. The van der Waals surface area contributed by atoms with Gasteiger partial charge in [-0.25, -0.2) is 4.98 Å². The maximum absolute atomic E-state index is 12.4. The van der Waals surface area contributed by atoms with E-state index in [1.54, 1.807) is 23.0 Å². The number of halogens is 1. The van der Waals surface area contributed by atoms with Gasteiger partial charge in [0.2, 0.25) is 0 Å². The Kier molecular flexibility index (Phi) is 4.68. The maximum Gasteiger partial charge on any atom is 0.255 e. The van der Waals surface area contributed by atoms with E-state index < -0.39 is 10.4 Å². The molecule has 0 fully saturated rings. The number of nitrogens with zero attached hydrogens (tertiary/aromatic N) is 4. The molecule has 0 saturated carbocycles. The number of aromatic nitrogens is 3. The van der Waals surface area contributed by atoms with Crippen molar-refractivity contribution >= 4 is 27.9 Å². The van der Waals surface area contributed by atoms with Gasteiger partial charge in [0.1, 0.15) is 21.8 Å². The Labute approximate surface area is 145 Å². The van der Waals surface area contributed by atoms with Crippen LogP contribution in [0.25, 0.3) is 0 Å². The molecule has 0 radical (unpaired) electrons. The normalized spacial score (nSPS) is 17.1. The fraction of sp³-hybridized carbons (Fsp3) is 0.357. The minimum Gasteiger partial charge on any atom is -0.598 e. The van der Waals surface area contributed by atoms with Gasteiger partial charge >= 0.3 is 0 Å². The molecule has 0 aliphatic carbocycles. The van der Waals surface area contributed by atoms with Crippen LogP contribution in [0.5, 0.6) is 0 Å². The fourth-order valence-electron chi connectivity index (χ4n) is 2.48. The predicted molar refractivity (Wildman–Crippen MR) is 87.8 cm³/mol. The lowest BCUT2D eigenvalue weighted by Crippen LogP contribution is -2.42. The number of carbonyl (C=O) groups excluding carboxylic acids is 1. The van der Waals surface area contributed by atoms with Gasteiger partial charge in [0.25, 0.3) is 5.91 Å². The number of sulfonamides is 1. The molecule has 1 N–H and O–H groups in total. The van der Waals surface area contributed by atoms with E-state index in [2.05, 4.69) is 15.4 Å². The van der Waals surface area contributed by atoms with Crippen molar-refractivity contribution in [3.8, 4) is 0 Å².